The highest BCUT2D eigenvalue weighted by atomic mass is 19.1. The second-order valence-corrected chi connectivity index (χ2v) is 6.46. The molecular weight excluding hydrogens is 393 g/mol. The summed E-state index contributed by atoms with van der Waals surface area (Å²) in [7, 11) is 0. The Labute approximate surface area is 171 Å². The summed E-state index contributed by atoms with van der Waals surface area (Å²) in [5.74, 6) is -0.470. The molecule has 0 fully saturated rings. The average molecular weight is 411 g/mol. The van der Waals surface area contributed by atoms with Crippen molar-refractivity contribution in [1.29, 1.82) is 0 Å². The molecule has 1 aromatic heterocycles. The Hall–Kier alpha value is -3.88. The number of esters is 1. The van der Waals surface area contributed by atoms with Crippen molar-refractivity contribution in [3.63, 3.8) is 0 Å². The van der Waals surface area contributed by atoms with Gasteiger partial charge in [0.1, 0.15) is 5.82 Å². The van der Waals surface area contributed by atoms with Crippen LogP contribution >= 0.6 is 0 Å². The molecule has 1 aliphatic heterocycles. The minimum Gasteiger partial charge on any atom is -0.490 e. The zero-order valence-corrected chi connectivity index (χ0v) is 15.8. The van der Waals surface area contributed by atoms with Crippen LogP contribution in [0.2, 0.25) is 0 Å². The molecule has 0 saturated carbocycles. The van der Waals surface area contributed by atoms with Gasteiger partial charge >= 0.3 is 5.97 Å². The SMILES string of the molecule is O=C(COC(=O)c1cncn1-c1ccc(F)cc1)Nc1ccc2c(c1)OCCCO2. The third kappa shape index (κ3) is 4.40. The Balaban J connectivity index is 1.37. The lowest BCUT2D eigenvalue weighted by Crippen LogP contribution is -2.22. The molecule has 0 aliphatic carbocycles. The molecule has 0 unspecified atom stereocenters. The fourth-order valence-electron chi connectivity index (χ4n) is 2.90. The summed E-state index contributed by atoms with van der Waals surface area (Å²) in [6.45, 7) is 0.620. The van der Waals surface area contributed by atoms with Gasteiger partial charge < -0.3 is 19.5 Å². The largest absolute Gasteiger partial charge is 0.490 e. The maximum absolute atomic E-state index is 13.1. The molecule has 3 aromatic rings. The molecule has 0 spiro atoms. The number of amides is 1. The van der Waals surface area contributed by atoms with Crippen LogP contribution < -0.4 is 14.8 Å². The fraction of sp³-hybridized carbons (Fsp3) is 0.190. The maximum Gasteiger partial charge on any atom is 0.357 e. The van der Waals surface area contributed by atoms with Crippen molar-refractivity contribution in [2.75, 3.05) is 25.1 Å². The van der Waals surface area contributed by atoms with Crippen molar-refractivity contribution >= 4 is 17.6 Å². The smallest absolute Gasteiger partial charge is 0.357 e. The minimum atomic E-state index is -0.731. The lowest BCUT2D eigenvalue weighted by atomic mass is 10.2. The Kier molecular flexibility index (Phi) is 5.60. The zero-order valence-electron chi connectivity index (χ0n) is 15.8. The summed E-state index contributed by atoms with van der Waals surface area (Å²) in [6.07, 6.45) is 3.50. The van der Waals surface area contributed by atoms with Gasteiger partial charge in [-0.1, -0.05) is 0 Å². The van der Waals surface area contributed by atoms with Crippen molar-refractivity contribution in [1.82, 2.24) is 9.55 Å². The molecule has 30 heavy (non-hydrogen) atoms. The van der Waals surface area contributed by atoms with Gasteiger partial charge in [-0.25, -0.2) is 14.2 Å². The van der Waals surface area contributed by atoms with Crippen LogP contribution in [-0.2, 0) is 9.53 Å². The number of nitrogens with zero attached hydrogens (tertiary/aromatic N) is 2. The van der Waals surface area contributed by atoms with Crippen molar-refractivity contribution in [2.24, 2.45) is 0 Å². The number of carbonyl (C=O) groups is 2. The second-order valence-electron chi connectivity index (χ2n) is 6.46. The van der Waals surface area contributed by atoms with E-state index in [2.05, 4.69) is 10.3 Å². The number of hydrogen-bond donors (Lipinski definition) is 1. The molecule has 154 valence electrons. The van der Waals surface area contributed by atoms with Crippen molar-refractivity contribution < 1.29 is 28.2 Å². The van der Waals surface area contributed by atoms with E-state index >= 15 is 0 Å². The quantitative estimate of drug-likeness (QED) is 0.649. The van der Waals surface area contributed by atoms with E-state index in [1.807, 2.05) is 0 Å². The molecule has 0 saturated heterocycles. The van der Waals surface area contributed by atoms with Gasteiger partial charge in [0.05, 0.1) is 25.7 Å². The molecule has 8 nitrogen and oxygen atoms in total. The number of aromatic nitrogens is 2. The maximum atomic E-state index is 13.1. The van der Waals surface area contributed by atoms with E-state index in [0.29, 0.717) is 36.1 Å². The first-order chi connectivity index (χ1) is 14.6. The van der Waals surface area contributed by atoms with Gasteiger partial charge in [0.25, 0.3) is 5.91 Å². The Bertz CT molecular complexity index is 1060. The van der Waals surface area contributed by atoms with Gasteiger partial charge in [-0.05, 0) is 36.4 Å². The third-order valence-corrected chi connectivity index (χ3v) is 4.32. The summed E-state index contributed by atoms with van der Waals surface area (Å²) in [5.41, 5.74) is 1.15. The first-order valence-electron chi connectivity index (χ1n) is 9.25. The lowest BCUT2D eigenvalue weighted by molar-refractivity contribution is -0.119. The van der Waals surface area contributed by atoms with E-state index in [1.165, 1.54) is 41.4 Å². The molecule has 0 atom stereocenters. The van der Waals surface area contributed by atoms with Gasteiger partial charge in [-0.15, -0.1) is 0 Å². The predicted octanol–water partition coefficient (Wildman–Crippen LogP) is 2.97. The highest BCUT2D eigenvalue weighted by Crippen LogP contribution is 2.32. The Morgan fingerprint density at radius 1 is 1.10 bits per heavy atom. The average Bonchev–Trinajstić information content (AvgIpc) is 3.12. The third-order valence-electron chi connectivity index (χ3n) is 4.32. The number of fused-ring (bicyclic) bond motifs is 1. The Morgan fingerprint density at radius 2 is 1.87 bits per heavy atom. The van der Waals surface area contributed by atoms with Gasteiger partial charge in [0.2, 0.25) is 0 Å². The second kappa shape index (κ2) is 8.64. The van der Waals surface area contributed by atoms with E-state index in [-0.39, 0.29) is 5.69 Å². The van der Waals surface area contributed by atoms with Gasteiger partial charge in [-0.2, -0.15) is 0 Å². The molecule has 2 aromatic carbocycles. The zero-order chi connectivity index (χ0) is 20.9. The van der Waals surface area contributed by atoms with Crippen LogP contribution in [0.25, 0.3) is 5.69 Å². The molecule has 2 heterocycles. The van der Waals surface area contributed by atoms with Gasteiger partial charge in [0, 0.05) is 23.9 Å². The number of anilines is 1. The first-order valence-corrected chi connectivity index (χ1v) is 9.25. The molecule has 9 heteroatoms. The van der Waals surface area contributed by atoms with Crippen LogP contribution in [0.3, 0.4) is 0 Å². The Morgan fingerprint density at radius 3 is 2.67 bits per heavy atom. The molecular formula is C21H18FN3O5. The van der Waals surface area contributed by atoms with E-state index in [4.69, 9.17) is 14.2 Å². The lowest BCUT2D eigenvalue weighted by Gasteiger charge is -2.11. The molecule has 0 radical (unpaired) electrons. The summed E-state index contributed by atoms with van der Waals surface area (Å²) in [4.78, 5) is 28.5. The topological polar surface area (TPSA) is 91.7 Å². The number of hydrogen-bond acceptors (Lipinski definition) is 6. The number of nitrogens with one attached hydrogen (secondary N) is 1. The van der Waals surface area contributed by atoms with Crippen molar-refractivity contribution in [3.8, 4) is 17.2 Å². The van der Waals surface area contributed by atoms with Crippen LogP contribution in [0.1, 0.15) is 16.9 Å². The van der Waals surface area contributed by atoms with Crippen LogP contribution in [0.15, 0.2) is 55.0 Å². The molecule has 4 rings (SSSR count). The molecule has 1 amide bonds. The first kappa shape index (κ1) is 19.4. The molecule has 1 N–H and O–H groups in total. The van der Waals surface area contributed by atoms with Crippen LogP contribution in [0, 0.1) is 5.82 Å². The van der Waals surface area contributed by atoms with Crippen molar-refractivity contribution in [3.05, 3.63) is 66.5 Å². The van der Waals surface area contributed by atoms with Crippen LogP contribution in [-0.4, -0.2) is 41.2 Å². The minimum absolute atomic E-state index is 0.116. The van der Waals surface area contributed by atoms with Crippen LogP contribution in [0.5, 0.6) is 11.5 Å². The number of carbonyl (C=O) groups excluding carboxylic acids is 2. The predicted molar refractivity (Wildman–Crippen MR) is 104 cm³/mol. The fourth-order valence-corrected chi connectivity index (χ4v) is 2.90. The summed E-state index contributed by atoms with van der Waals surface area (Å²) < 4.78 is 30.8. The van der Waals surface area contributed by atoms with E-state index < -0.39 is 24.3 Å². The number of rotatable bonds is 5. The highest BCUT2D eigenvalue weighted by Gasteiger charge is 2.17. The number of ether oxygens (including phenoxy) is 3. The molecule has 1 aliphatic rings. The van der Waals surface area contributed by atoms with Crippen molar-refractivity contribution in [2.45, 2.75) is 6.42 Å². The number of imidazole rings is 1. The normalized spacial score (nSPS) is 12.7. The van der Waals surface area contributed by atoms with E-state index in [1.54, 1.807) is 18.2 Å². The van der Waals surface area contributed by atoms with E-state index in [0.717, 1.165) is 6.42 Å². The van der Waals surface area contributed by atoms with E-state index in [9.17, 15) is 14.0 Å². The monoisotopic (exact) mass is 411 g/mol. The standard InChI is InChI=1S/C21H18FN3O5/c22-14-2-5-16(6-3-14)25-13-23-11-17(25)21(27)30-12-20(26)24-15-4-7-18-19(10-15)29-9-1-8-28-18/h2-7,10-11,13H,1,8-9,12H2,(H,24,26). The number of halogens is 1. The number of benzene rings is 2. The summed E-state index contributed by atoms with van der Waals surface area (Å²) >= 11 is 0. The van der Waals surface area contributed by atoms with Gasteiger partial charge in [-0.3, -0.25) is 9.36 Å². The summed E-state index contributed by atoms with van der Waals surface area (Å²) in [6, 6.07) is 10.6. The van der Waals surface area contributed by atoms with Gasteiger partial charge in [0.15, 0.2) is 23.8 Å². The molecule has 0 bridgehead atoms. The summed E-state index contributed by atoms with van der Waals surface area (Å²) in [5, 5.41) is 2.65. The van der Waals surface area contributed by atoms with Crippen LogP contribution in [0.4, 0.5) is 10.1 Å². The highest BCUT2D eigenvalue weighted by molar-refractivity contribution is 5.95.